The Bertz CT molecular complexity index is 1510. The van der Waals surface area contributed by atoms with Gasteiger partial charge in [0.25, 0.3) is 5.91 Å². The molecule has 0 bridgehead atoms. The summed E-state index contributed by atoms with van der Waals surface area (Å²) in [6.45, 7) is 7.08. The van der Waals surface area contributed by atoms with Crippen molar-refractivity contribution in [1.82, 2.24) is 10.2 Å². The molecule has 0 saturated carbocycles. The monoisotopic (exact) mass is 606 g/mol. The number of nitrogens with zero attached hydrogens (tertiary/aromatic N) is 1. The molecule has 1 heterocycles. The summed E-state index contributed by atoms with van der Waals surface area (Å²) in [5.41, 5.74) is 5.12. The zero-order chi connectivity index (χ0) is 31.0. The fourth-order valence-electron chi connectivity index (χ4n) is 5.68. The van der Waals surface area contributed by atoms with Gasteiger partial charge in [-0.1, -0.05) is 74.0 Å². The number of nitrogens with one attached hydrogen (secondary N) is 1. The van der Waals surface area contributed by atoms with E-state index in [-0.39, 0.29) is 18.2 Å². The van der Waals surface area contributed by atoms with E-state index in [1.54, 1.807) is 6.07 Å². The molecule has 8 nitrogen and oxygen atoms in total. The summed E-state index contributed by atoms with van der Waals surface area (Å²) in [6, 6.07) is 22.6. The van der Waals surface area contributed by atoms with E-state index in [1.165, 1.54) is 0 Å². The van der Waals surface area contributed by atoms with Crippen molar-refractivity contribution in [2.45, 2.75) is 58.3 Å². The summed E-state index contributed by atoms with van der Waals surface area (Å²) < 4.78 is 29.4. The number of benzene rings is 3. The molecular formula is C34H42N2O6S. The highest BCUT2D eigenvalue weighted by molar-refractivity contribution is 7.90. The lowest BCUT2D eigenvalue weighted by Crippen LogP contribution is -2.42. The average Bonchev–Trinajstić information content (AvgIpc) is 3.36. The maximum atomic E-state index is 13.5. The molecule has 1 amide bonds. The molecule has 1 fully saturated rings. The van der Waals surface area contributed by atoms with Gasteiger partial charge in [-0.3, -0.25) is 9.69 Å². The predicted octanol–water partition coefficient (Wildman–Crippen LogP) is 5.10. The van der Waals surface area contributed by atoms with E-state index in [0.29, 0.717) is 36.8 Å². The van der Waals surface area contributed by atoms with Crippen molar-refractivity contribution in [1.29, 1.82) is 0 Å². The minimum atomic E-state index is -3.39. The molecule has 2 N–H and O–H groups in total. The van der Waals surface area contributed by atoms with Crippen LogP contribution in [0.1, 0.15) is 53.2 Å². The predicted molar refractivity (Wildman–Crippen MR) is 169 cm³/mol. The number of carboxylic acid groups (broad SMARTS) is 1. The molecule has 1 aliphatic rings. The first-order valence-corrected chi connectivity index (χ1v) is 16.9. The highest BCUT2D eigenvalue weighted by Crippen LogP contribution is 2.31. The number of aryl methyl sites for hydroxylation is 1. The van der Waals surface area contributed by atoms with Crippen LogP contribution < -0.4 is 5.32 Å². The number of aliphatic carboxylic acids is 1. The summed E-state index contributed by atoms with van der Waals surface area (Å²) in [4.78, 5) is 27.8. The quantitative estimate of drug-likeness (QED) is 0.263. The van der Waals surface area contributed by atoms with Gasteiger partial charge in [-0.15, -0.1) is 0 Å². The first kappa shape index (κ1) is 32.4. The third kappa shape index (κ3) is 9.23. The molecule has 0 radical (unpaired) electrons. The van der Waals surface area contributed by atoms with Crippen molar-refractivity contribution in [3.63, 3.8) is 0 Å². The first-order valence-electron chi connectivity index (χ1n) is 14.8. The fourth-order valence-corrected chi connectivity index (χ4v) is 6.35. The Kier molecular flexibility index (Phi) is 11.1. The van der Waals surface area contributed by atoms with Gasteiger partial charge in [0.1, 0.15) is 15.9 Å². The number of likely N-dealkylation sites (tertiary alicyclic amines) is 1. The average molecular weight is 607 g/mol. The molecule has 230 valence electrons. The third-order valence-corrected chi connectivity index (χ3v) is 9.12. The smallest absolute Gasteiger partial charge is 0.326 e. The summed E-state index contributed by atoms with van der Waals surface area (Å²) in [5.74, 6) is -1.57. The van der Waals surface area contributed by atoms with Crippen molar-refractivity contribution in [3.8, 4) is 11.1 Å². The maximum absolute atomic E-state index is 13.5. The van der Waals surface area contributed by atoms with Crippen molar-refractivity contribution < 1.29 is 27.9 Å². The van der Waals surface area contributed by atoms with Crippen LogP contribution in [0.15, 0.2) is 72.8 Å². The number of hydrogen-bond acceptors (Lipinski definition) is 6. The van der Waals surface area contributed by atoms with E-state index >= 15 is 0 Å². The van der Waals surface area contributed by atoms with E-state index in [4.69, 9.17) is 4.74 Å². The summed E-state index contributed by atoms with van der Waals surface area (Å²) in [7, 11) is -3.39. The number of carbonyl (C=O) groups is 2. The molecule has 3 aromatic carbocycles. The molecule has 1 aliphatic heterocycles. The van der Waals surface area contributed by atoms with Gasteiger partial charge in [0, 0.05) is 31.0 Å². The van der Waals surface area contributed by atoms with Gasteiger partial charge in [-0.25, -0.2) is 13.2 Å². The van der Waals surface area contributed by atoms with Crippen LogP contribution in [0.2, 0.25) is 0 Å². The van der Waals surface area contributed by atoms with Gasteiger partial charge in [0.15, 0.2) is 0 Å². The summed E-state index contributed by atoms with van der Waals surface area (Å²) in [5, 5.41) is 12.2. The van der Waals surface area contributed by atoms with Crippen LogP contribution >= 0.6 is 0 Å². The normalized spacial score (nSPS) is 17.9. The Morgan fingerprint density at radius 3 is 2.42 bits per heavy atom. The molecule has 9 heteroatoms. The van der Waals surface area contributed by atoms with Crippen LogP contribution in [-0.4, -0.2) is 67.5 Å². The van der Waals surface area contributed by atoms with Crippen LogP contribution in [0, 0.1) is 12.8 Å². The molecule has 1 saturated heterocycles. The first-order chi connectivity index (χ1) is 20.5. The number of carbonyl (C=O) groups excluding carboxylic acids is 1. The highest BCUT2D eigenvalue weighted by Gasteiger charge is 2.31. The van der Waals surface area contributed by atoms with Gasteiger partial charge in [-0.05, 0) is 65.6 Å². The Labute approximate surface area is 255 Å². The number of hydrogen-bond donors (Lipinski definition) is 2. The molecule has 43 heavy (non-hydrogen) atoms. The molecule has 3 atom stereocenters. The molecule has 3 aromatic rings. The largest absolute Gasteiger partial charge is 0.480 e. The minimum Gasteiger partial charge on any atom is -0.480 e. The number of carboxylic acids is 1. The van der Waals surface area contributed by atoms with Crippen molar-refractivity contribution in [3.05, 3.63) is 95.1 Å². The SMILES string of the molecule is CC[C@@H]1C[C@@H](COCc2ccccc2)N(Cc2ccc(C(=O)N[C@@H](CCS(C)(=O)=O)C(=O)O)c(-c3ccccc3C)c2)C1. The van der Waals surface area contributed by atoms with Crippen LogP contribution in [0.3, 0.4) is 0 Å². The molecule has 0 aliphatic carbocycles. The van der Waals surface area contributed by atoms with Gasteiger partial charge in [-0.2, -0.15) is 0 Å². The molecule has 0 spiro atoms. The zero-order valence-corrected chi connectivity index (χ0v) is 26.0. The Balaban J connectivity index is 1.56. The van der Waals surface area contributed by atoms with Gasteiger partial charge >= 0.3 is 5.97 Å². The summed E-state index contributed by atoms with van der Waals surface area (Å²) >= 11 is 0. The minimum absolute atomic E-state index is 0.209. The van der Waals surface area contributed by atoms with Crippen LogP contribution in [0.25, 0.3) is 11.1 Å². The lowest BCUT2D eigenvalue weighted by molar-refractivity contribution is -0.139. The van der Waals surface area contributed by atoms with Crippen molar-refractivity contribution in [2.75, 3.05) is 25.2 Å². The highest BCUT2D eigenvalue weighted by atomic mass is 32.2. The second kappa shape index (κ2) is 14.8. The molecule has 0 aromatic heterocycles. The second-order valence-corrected chi connectivity index (χ2v) is 13.8. The third-order valence-electron chi connectivity index (χ3n) is 8.14. The van der Waals surface area contributed by atoms with E-state index in [9.17, 15) is 23.1 Å². The Morgan fingerprint density at radius 2 is 1.74 bits per heavy atom. The molecule has 0 unspecified atom stereocenters. The lowest BCUT2D eigenvalue weighted by atomic mass is 9.93. The van der Waals surface area contributed by atoms with E-state index in [2.05, 4.69) is 29.3 Å². The fraction of sp³-hybridized carbons (Fsp3) is 0.412. The Morgan fingerprint density at radius 1 is 1.02 bits per heavy atom. The zero-order valence-electron chi connectivity index (χ0n) is 25.2. The second-order valence-electron chi connectivity index (χ2n) is 11.6. The van der Waals surface area contributed by atoms with Crippen molar-refractivity contribution in [2.24, 2.45) is 5.92 Å². The number of sulfone groups is 1. The van der Waals surface area contributed by atoms with E-state index in [1.807, 2.05) is 61.5 Å². The Hall–Kier alpha value is -3.53. The van der Waals surface area contributed by atoms with Crippen LogP contribution in [0.5, 0.6) is 0 Å². The van der Waals surface area contributed by atoms with Gasteiger partial charge in [0.2, 0.25) is 0 Å². The maximum Gasteiger partial charge on any atom is 0.326 e. The van der Waals surface area contributed by atoms with E-state index < -0.39 is 27.8 Å². The molecular weight excluding hydrogens is 564 g/mol. The van der Waals surface area contributed by atoms with Gasteiger partial charge < -0.3 is 15.2 Å². The molecule has 4 rings (SSSR count). The van der Waals surface area contributed by atoms with Crippen LogP contribution in [-0.2, 0) is 32.5 Å². The standard InChI is InChI=1S/C34H42N2O6S/c1-4-25-18-28(23-42-22-26-11-6-5-7-12-26)36(20-25)21-27-14-15-30(31(19-27)29-13-9-8-10-24(29)2)33(37)35-32(34(38)39)16-17-43(3,40)41/h5-15,19,25,28,32H,4,16-18,20-23H2,1-3H3,(H,35,37)(H,38,39)/t25-,28+,32+/m1/s1. The number of ether oxygens (including phenoxy) is 1. The lowest BCUT2D eigenvalue weighted by Gasteiger charge is -2.25. The van der Waals surface area contributed by atoms with Crippen LogP contribution in [0.4, 0.5) is 0 Å². The number of rotatable bonds is 14. The van der Waals surface area contributed by atoms with E-state index in [0.717, 1.165) is 47.9 Å². The topological polar surface area (TPSA) is 113 Å². The summed E-state index contributed by atoms with van der Waals surface area (Å²) in [6.07, 6.45) is 3.01. The van der Waals surface area contributed by atoms with Crippen molar-refractivity contribution >= 4 is 21.7 Å². The van der Waals surface area contributed by atoms with Gasteiger partial charge in [0.05, 0.1) is 19.0 Å². The number of amides is 1.